The van der Waals surface area contributed by atoms with Crippen molar-refractivity contribution in [3.63, 3.8) is 0 Å². The van der Waals surface area contributed by atoms with Gasteiger partial charge in [0.2, 0.25) is 0 Å². The number of carbonyl (C=O) groups is 1. The number of rotatable bonds is 7. The Kier molecular flexibility index (Phi) is 6.38. The van der Waals surface area contributed by atoms with E-state index in [9.17, 15) is 4.79 Å². The van der Waals surface area contributed by atoms with E-state index in [0.717, 1.165) is 16.6 Å². The fraction of sp³-hybridized carbons (Fsp3) is 0.350. The molecule has 0 radical (unpaired) electrons. The normalized spacial score (nSPS) is 14.0. The molecule has 1 aliphatic rings. The molecule has 0 heterocycles. The summed E-state index contributed by atoms with van der Waals surface area (Å²) in [5.41, 5.74) is 1.14. The molecule has 132 valence electrons. The molecule has 0 aromatic heterocycles. The molecule has 5 heteroatoms. The van der Waals surface area contributed by atoms with Crippen LogP contribution in [-0.2, 0) is 11.3 Å². The lowest BCUT2D eigenvalue weighted by Crippen LogP contribution is -2.39. The van der Waals surface area contributed by atoms with Crippen LogP contribution < -0.4 is 4.74 Å². The lowest BCUT2D eigenvalue weighted by molar-refractivity contribution is -0.135. The zero-order chi connectivity index (χ0) is 17.6. The Hall–Kier alpha value is -1.52. The van der Waals surface area contributed by atoms with Crippen molar-refractivity contribution in [1.82, 2.24) is 4.90 Å². The summed E-state index contributed by atoms with van der Waals surface area (Å²) in [5, 5.41) is 0.626. The fourth-order valence-corrected chi connectivity index (χ4v) is 3.67. The average molecular weight is 423 g/mol. The lowest BCUT2D eigenvalue weighted by atomic mass is 9.85. The second-order valence-corrected chi connectivity index (χ2v) is 7.71. The van der Waals surface area contributed by atoms with Crippen LogP contribution in [0.3, 0.4) is 0 Å². The third-order valence-corrected chi connectivity index (χ3v) is 5.37. The van der Waals surface area contributed by atoms with Crippen molar-refractivity contribution in [2.75, 3.05) is 13.2 Å². The summed E-state index contributed by atoms with van der Waals surface area (Å²) in [6, 6.07) is 15.4. The van der Waals surface area contributed by atoms with Crippen LogP contribution in [0.1, 0.15) is 24.8 Å². The molecular formula is C20H21BrClNO2. The molecule has 3 nitrogen and oxygen atoms in total. The second kappa shape index (κ2) is 8.72. The predicted molar refractivity (Wildman–Crippen MR) is 104 cm³/mol. The van der Waals surface area contributed by atoms with Crippen molar-refractivity contribution in [1.29, 1.82) is 0 Å². The predicted octanol–water partition coefficient (Wildman–Crippen LogP) is 5.31. The van der Waals surface area contributed by atoms with Gasteiger partial charge in [0.15, 0.2) is 6.61 Å². The van der Waals surface area contributed by atoms with E-state index in [-0.39, 0.29) is 12.5 Å². The minimum absolute atomic E-state index is 0.0117. The molecule has 0 unspecified atom stereocenters. The largest absolute Gasteiger partial charge is 0.483 e. The third kappa shape index (κ3) is 5.23. The number of hydrogen-bond donors (Lipinski definition) is 0. The zero-order valence-corrected chi connectivity index (χ0v) is 16.3. The van der Waals surface area contributed by atoms with E-state index in [4.69, 9.17) is 16.3 Å². The van der Waals surface area contributed by atoms with Gasteiger partial charge in [0, 0.05) is 18.1 Å². The maximum atomic E-state index is 12.7. The van der Waals surface area contributed by atoms with E-state index in [2.05, 4.69) is 28.1 Å². The topological polar surface area (TPSA) is 29.5 Å². The van der Waals surface area contributed by atoms with Gasteiger partial charge in [-0.1, -0.05) is 48.4 Å². The highest BCUT2D eigenvalue weighted by atomic mass is 79.9. The van der Waals surface area contributed by atoms with E-state index in [1.165, 1.54) is 19.3 Å². The lowest BCUT2D eigenvalue weighted by Gasteiger charge is -2.32. The maximum Gasteiger partial charge on any atom is 0.260 e. The smallest absolute Gasteiger partial charge is 0.260 e. The third-order valence-electron chi connectivity index (χ3n) is 4.52. The molecule has 1 amide bonds. The molecule has 0 atom stereocenters. The Bertz CT molecular complexity index is 719. The van der Waals surface area contributed by atoms with Gasteiger partial charge < -0.3 is 9.64 Å². The molecule has 1 saturated carbocycles. The SMILES string of the molecule is O=C(COc1ccc(Cl)cc1Br)N(Cc1ccccc1)CC1CCC1. The number of amides is 1. The highest BCUT2D eigenvalue weighted by Gasteiger charge is 2.24. The van der Waals surface area contributed by atoms with Crippen molar-refractivity contribution in [3.8, 4) is 5.75 Å². The number of nitrogens with zero attached hydrogens (tertiary/aromatic N) is 1. The van der Waals surface area contributed by atoms with Crippen molar-refractivity contribution in [3.05, 3.63) is 63.6 Å². The molecule has 0 saturated heterocycles. The Labute approximate surface area is 162 Å². The first-order chi connectivity index (χ1) is 12.1. The van der Waals surface area contributed by atoms with Crippen molar-refractivity contribution >= 4 is 33.4 Å². The van der Waals surface area contributed by atoms with Gasteiger partial charge in [-0.05, 0) is 58.5 Å². The van der Waals surface area contributed by atoms with Crippen LogP contribution in [0.2, 0.25) is 5.02 Å². The maximum absolute atomic E-state index is 12.7. The van der Waals surface area contributed by atoms with Crippen LogP contribution in [0, 0.1) is 5.92 Å². The summed E-state index contributed by atoms with van der Waals surface area (Å²) in [6.45, 7) is 1.46. The Morgan fingerprint density at radius 3 is 2.60 bits per heavy atom. The zero-order valence-electron chi connectivity index (χ0n) is 14.0. The first-order valence-electron chi connectivity index (χ1n) is 8.51. The van der Waals surface area contributed by atoms with Gasteiger partial charge in [-0.2, -0.15) is 0 Å². The molecular weight excluding hydrogens is 402 g/mol. The number of benzene rings is 2. The van der Waals surface area contributed by atoms with E-state index >= 15 is 0 Å². The second-order valence-electron chi connectivity index (χ2n) is 6.42. The summed E-state index contributed by atoms with van der Waals surface area (Å²) in [5.74, 6) is 1.26. The van der Waals surface area contributed by atoms with Crippen molar-refractivity contribution < 1.29 is 9.53 Å². The Balaban J connectivity index is 1.63. The van der Waals surface area contributed by atoms with Crippen LogP contribution in [0.25, 0.3) is 0 Å². The van der Waals surface area contributed by atoms with Gasteiger partial charge in [-0.25, -0.2) is 0 Å². The number of hydrogen-bond acceptors (Lipinski definition) is 2. The molecule has 0 N–H and O–H groups in total. The van der Waals surface area contributed by atoms with Gasteiger partial charge in [0.1, 0.15) is 5.75 Å². The summed E-state index contributed by atoms with van der Waals surface area (Å²) < 4.78 is 6.46. The average Bonchev–Trinajstić information content (AvgIpc) is 2.57. The van der Waals surface area contributed by atoms with E-state index in [1.807, 2.05) is 23.1 Å². The molecule has 0 aliphatic heterocycles. The molecule has 2 aromatic rings. The van der Waals surface area contributed by atoms with Crippen LogP contribution in [0.5, 0.6) is 5.75 Å². The molecule has 0 spiro atoms. The van der Waals surface area contributed by atoms with Gasteiger partial charge in [0.25, 0.3) is 5.91 Å². The minimum atomic E-state index is 0.0117. The van der Waals surface area contributed by atoms with Gasteiger partial charge in [0.05, 0.1) is 4.47 Å². The first-order valence-corrected chi connectivity index (χ1v) is 9.68. The summed E-state index contributed by atoms with van der Waals surface area (Å²) in [6.07, 6.45) is 3.69. The molecule has 2 aromatic carbocycles. The Morgan fingerprint density at radius 1 is 1.20 bits per heavy atom. The van der Waals surface area contributed by atoms with E-state index in [1.54, 1.807) is 18.2 Å². The molecule has 1 aliphatic carbocycles. The molecule has 0 bridgehead atoms. The molecule has 25 heavy (non-hydrogen) atoms. The van der Waals surface area contributed by atoms with E-state index < -0.39 is 0 Å². The first kappa shape index (κ1) is 18.3. The Morgan fingerprint density at radius 2 is 1.96 bits per heavy atom. The van der Waals surface area contributed by atoms with Crippen LogP contribution in [0.15, 0.2) is 53.0 Å². The number of carbonyl (C=O) groups excluding carboxylic acids is 1. The number of halogens is 2. The van der Waals surface area contributed by atoms with Crippen molar-refractivity contribution in [2.24, 2.45) is 5.92 Å². The van der Waals surface area contributed by atoms with E-state index in [0.29, 0.717) is 23.2 Å². The van der Waals surface area contributed by atoms with Gasteiger partial charge in [-0.3, -0.25) is 4.79 Å². The quantitative estimate of drug-likeness (QED) is 0.605. The fourth-order valence-electron chi connectivity index (χ4n) is 2.87. The molecule has 3 rings (SSSR count). The van der Waals surface area contributed by atoms with Crippen LogP contribution in [0.4, 0.5) is 0 Å². The number of ether oxygens (including phenoxy) is 1. The summed E-state index contributed by atoms with van der Waals surface area (Å²) in [7, 11) is 0. The minimum Gasteiger partial charge on any atom is -0.483 e. The summed E-state index contributed by atoms with van der Waals surface area (Å²) >= 11 is 9.35. The van der Waals surface area contributed by atoms with Crippen LogP contribution in [-0.4, -0.2) is 24.0 Å². The van der Waals surface area contributed by atoms with Crippen molar-refractivity contribution in [2.45, 2.75) is 25.8 Å². The highest BCUT2D eigenvalue weighted by molar-refractivity contribution is 9.10. The monoisotopic (exact) mass is 421 g/mol. The van der Waals surface area contributed by atoms with Crippen LogP contribution >= 0.6 is 27.5 Å². The van der Waals surface area contributed by atoms with Gasteiger partial charge in [-0.15, -0.1) is 0 Å². The molecule has 1 fully saturated rings. The standard InChI is InChI=1S/C20H21BrClNO2/c21-18-11-17(22)9-10-19(18)25-14-20(24)23(13-16-7-4-8-16)12-15-5-2-1-3-6-15/h1-3,5-6,9-11,16H,4,7-8,12-14H2. The summed E-state index contributed by atoms with van der Waals surface area (Å²) in [4.78, 5) is 14.7. The highest BCUT2D eigenvalue weighted by Crippen LogP contribution is 2.29. The van der Waals surface area contributed by atoms with Gasteiger partial charge >= 0.3 is 0 Å².